The smallest absolute Gasteiger partial charge is 0.338 e. The summed E-state index contributed by atoms with van der Waals surface area (Å²) in [6.45, 7) is 3.26. The minimum absolute atomic E-state index is 0.0894. The van der Waals surface area contributed by atoms with E-state index < -0.39 is 30.4 Å². The maximum absolute atomic E-state index is 12.1. The van der Waals surface area contributed by atoms with Gasteiger partial charge in [0.15, 0.2) is 12.4 Å². The zero-order valence-corrected chi connectivity index (χ0v) is 19.2. The molecule has 2 rings (SSSR count). The van der Waals surface area contributed by atoms with Gasteiger partial charge in [0.1, 0.15) is 0 Å². The number of rotatable bonds is 12. The number of carbonyl (C=O) groups is 5. The third kappa shape index (κ3) is 9.23. The zero-order valence-electron chi connectivity index (χ0n) is 19.2. The molecular formula is C25H28N2O7. The van der Waals surface area contributed by atoms with Gasteiger partial charge < -0.3 is 20.1 Å². The first-order valence-electron chi connectivity index (χ1n) is 10.9. The van der Waals surface area contributed by atoms with Crippen LogP contribution in [-0.4, -0.2) is 42.7 Å². The normalized spacial score (nSPS) is 10.2. The Labute approximate surface area is 197 Å². The van der Waals surface area contributed by atoms with Gasteiger partial charge in [-0.2, -0.15) is 0 Å². The van der Waals surface area contributed by atoms with Crippen LogP contribution in [0.1, 0.15) is 60.2 Å². The molecule has 0 saturated heterocycles. The van der Waals surface area contributed by atoms with Crippen LogP contribution in [0.3, 0.4) is 0 Å². The molecule has 0 aliphatic heterocycles. The molecule has 2 N–H and O–H groups in total. The lowest BCUT2D eigenvalue weighted by Crippen LogP contribution is -2.21. The molecular weight excluding hydrogens is 440 g/mol. The predicted octanol–water partition coefficient (Wildman–Crippen LogP) is 3.75. The molecule has 0 aromatic heterocycles. The van der Waals surface area contributed by atoms with E-state index in [-0.39, 0.29) is 18.6 Å². The quantitative estimate of drug-likeness (QED) is 0.276. The predicted molar refractivity (Wildman–Crippen MR) is 126 cm³/mol. The summed E-state index contributed by atoms with van der Waals surface area (Å²) in [4.78, 5) is 59.2. The van der Waals surface area contributed by atoms with Gasteiger partial charge in [-0.05, 0) is 55.8 Å². The molecule has 0 saturated carbocycles. The first-order valence-corrected chi connectivity index (χ1v) is 10.9. The number of benzene rings is 2. The average molecular weight is 469 g/mol. The molecule has 0 fully saturated rings. The summed E-state index contributed by atoms with van der Waals surface area (Å²) in [5.41, 5.74) is 1.69. The Balaban J connectivity index is 1.72. The molecule has 0 atom stereocenters. The molecule has 2 amide bonds. The average Bonchev–Trinajstić information content (AvgIpc) is 2.82. The first-order chi connectivity index (χ1) is 16.3. The summed E-state index contributed by atoms with van der Waals surface area (Å²) in [5.74, 6) is -2.25. The van der Waals surface area contributed by atoms with Crippen LogP contribution < -0.4 is 10.6 Å². The summed E-state index contributed by atoms with van der Waals surface area (Å²) in [5, 5.41) is 5.16. The summed E-state index contributed by atoms with van der Waals surface area (Å²) < 4.78 is 10.0. The lowest BCUT2D eigenvalue weighted by Gasteiger charge is -2.09. The van der Waals surface area contributed by atoms with Gasteiger partial charge in [-0.15, -0.1) is 0 Å². The molecule has 34 heavy (non-hydrogen) atoms. The van der Waals surface area contributed by atoms with Gasteiger partial charge >= 0.3 is 11.9 Å². The molecule has 0 spiro atoms. The van der Waals surface area contributed by atoms with Crippen molar-refractivity contribution in [2.45, 2.75) is 39.5 Å². The fourth-order valence-electron chi connectivity index (χ4n) is 2.76. The first kappa shape index (κ1) is 26.2. The standard InChI is InChI=1S/C25H28N2O7/c1-3-4-14-33-25(32)19-6-5-7-21(15-19)27-22(29)12-13-24(31)34-16-23(30)26-20-10-8-18(9-11-20)17(2)28/h5-11,15H,3-4,12-14,16H2,1-2H3,(H,26,30)(H,27,29). The van der Waals surface area contributed by atoms with E-state index in [0.717, 1.165) is 12.8 Å². The van der Waals surface area contributed by atoms with E-state index in [1.165, 1.54) is 13.0 Å². The van der Waals surface area contributed by atoms with Crippen LogP contribution in [0.25, 0.3) is 0 Å². The summed E-state index contributed by atoms with van der Waals surface area (Å²) in [7, 11) is 0. The number of carbonyl (C=O) groups excluding carboxylic acids is 5. The van der Waals surface area contributed by atoms with Crippen molar-refractivity contribution in [3.63, 3.8) is 0 Å². The van der Waals surface area contributed by atoms with Crippen molar-refractivity contribution in [2.24, 2.45) is 0 Å². The molecule has 0 aliphatic carbocycles. The number of hydrogen-bond donors (Lipinski definition) is 2. The van der Waals surface area contributed by atoms with Gasteiger partial charge in [-0.25, -0.2) is 4.79 Å². The van der Waals surface area contributed by atoms with Crippen molar-refractivity contribution in [3.05, 3.63) is 59.7 Å². The van der Waals surface area contributed by atoms with E-state index in [9.17, 15) is 24.0 Å². The Bertz CT molecular complexity index is 1030. The fourth-order valence-corrected chi connectivity index (χ4v) is 2.76. The molecule has 0 bridgehead atoms. The maximum Gasteiger partial charge on any atom is 0.338 e. The second kappa shape index (κ2) is 13.5. The van der Waals surface area contributed by atoms with Crippen LogP contribution in [0, 0.1) is 0 Å². The van der Waals surface area contributed by atoms with Crippen LogP contribution in [-0.2, 0) is 23.9 Å². The number of ether oxygens (including phenoxy) is 2. The highest BCUT2D eigenvalue weighted by atomic mass is 16.5. The highest BCUT2D eigenvalue weighted by Crippen LogP contribution is 2.13. The Kier molecular flexibility index (Phi) is 10.4. The molecule has 2 aromatic rings. The zero-order chi connectivity index (χ0) is 24.9. The van der Waals surface area contributed by atoms with E-state index in [2.05, 4.69) is 10.6 Å². The molecule has 0 radical (unpaired) electrons. The summed E-state index contributed by atoms with van der Waals surface area (Å²) >= 11 is 0. The van der Waals surface area contributed by atoms with E-state index in [0.29, 0.717) is 29.1 Å². The van der Waals surface area contributed by atoms with Crippen LogP contribution in [0.4, 0.5) is 11.4 Å². The lowest BCUT2D eigenvalue weighted by molar-refractivity contribution is -0.147. The molecule has 2 aromatic carbocycles. The lowest BCUT2D eigenvalue weighted by atomic mass is 10.1. The van der Waals surface area contributed by atoms with Gasteiger partial charge in [-0.3, -0.25) is 19.2 Å². The van der Waals surface area contributed by atoms with Crippen LogP contribution in [0.15, 0.2) is 48.5 Å². The molecule has 0 heterocycles. The SMILES string of the molecule is CCCCOC(=O)c1cccc(NC(=O)CCC(=O)OCC(=O)Nc2ccc(C(C)=O)cc2)c1. The monoisotopic (exact) mass is 468 g/mol. The highest BCUT2D eigenvalue weighted by molar-refractivity contribution is 5.97. The van der Waals surface area contributed by atoms with E-state index >= 15 is 0 Å². The van der Waals surface area contributed by atoms with Gasteiger partial charge in [0.05, 0.1) is 18.6 Å². The summed E-state index contributed by atoms with van der Waals surface area (Å²) in [6.07, 6.45) is 1.31. The van der Waals surface area contributed by atoms with Crippen molar-refractivity contribution >= 4 is 40.9 Å². The highest BCUT2D eigenvalue weighted by Gasteiger charge is 2.13. The number of Topliss-reactive ketones (excluding diaryl/α,β-unsaturated/α-hetero) is 1. The largest absolute Gasteiger partial charge is 0.462 e. The molecule has 9 nitrogen and oxygen atoms in total. The van der Waals surface area contributed by atoms with Gasteiger partial charge in [0.2, 0.25) is 5.91 Å². The Hall–Kier alpha value is -4.01. The molecule has 0 aliphatic rings. The van der Waals surface area contributed by atoms with Crippen molar-refractivity contribution in [1.82, 2.24) is 0 Å². The number of hydrogen-bond acceptors (Lipinski definition) is 7. The number of ketones is 1. The van der Waals surface area contributed by atoms with Gasteiger partial charge in [0.25, 0.3) is 5.91 Å². The molecule has 0 unspecified atom stereocenters. The maximum atomic E-state index is 12.1. The second-order valence-electron chi connectivity index (χ2n) is 7.46. The number of anilines is 2. The molecule has 180 valence electrons. The minimum atomic E-state index is -0.703. The fraction of sp³-hybridized carbons (Fsp3) is 0.320. The van der Waals surface area contributed by atoms with E-state index in [1.54, 1.807) is 42.5 Å². The number of nitrogens with one attached hydrogen (secondary N) is 2. The van der Waals surface area contributed by atoms with Crippen LogP contribution in [0.5, 0.6) is 0 Å². The van der Waals surface area contributed by atoms with Gasteiger partial charge in [-0.1, -0.05) is 19.4 Å². The topological polar surface area (TPSA) is 128 Å². The minimum Gasteiger partial charge on any atom is -0.462 e. The van der Waals surface area contributed by atoms with E-state index in [1.807, 2.05) is 6.92 Å². The van der Waals surface area contributed by atoms with E-state index in [4.69, 9.17) is 9.47 Å². The third-order valence-electron chi connectivity index (χ3n) is 4.61. The number of esters is 2. The van der Waals surface area contributed by atoms with Crippen LogP contribution in [0.2, 0.25) is 0 Å². The summed E-state index contributed by atoms with van der Waals surface area (Å²) in [6, 6.07) is 12.6. The van der Waals surface area contributed by atoms with Crippen molar-refractivity contribution < 1.29 is 33.4 Å². The number of amides is 2. The number of unbranched alkanes of at least 4 members (excludes halogenated alkanes) is 1. The van der Waals surface area contributed by atoms with Crippen molar-refractivity contribution in [2.75, 3.05) is 23.8 Å². The van der Waals surface area contributed by atoms with Crippen molar-refractivity contribution in [1.29, 1.82) is 0 Å². The Morgan fingerprint density at radius 2 is 1.50 bits per heavy atom. The Morgan fingerprint density at radius 3 is 2.18 bits per heavy atom. The molecule has 9 heteroatoms. The van der Waals surface area contributed by atoms with Crippen LogP contribution >= 0.6 is 0 Å². The second-order valence-corrected chi connectivity index (χ2v) is 7.46. The Morgan fingerprint density at radius 1 is 0.794 bits per heavy atom. The third-order valence-corrected chi connectivity index (χ3v) is 4.61. The van der Waals surface area contributed by atoms with Gasteiger partial charge in [0, 0.05) is 23.4 Å². The van der Waals surface area contributed by atoms with Crippen molar-refractivity contribution in [3.8, 4) is 0 Å².